The van der Waals surface area contributed by atoms with Crippen molar-refractivity contribution >= 4 is 12.0 Å². The van der Waals surface area contributed by atoms with Crippen LogP contribution in [0.3, 0.4) is 0 Å². The summed E-state index contributed by atoms with van der Waals surface area (Å²) < 4.78 is 0. The van der Waals surface area contributed by atoms with Gasteiger partial charge in [0.25, 0.3) is 0 Å². The molecule has 1 saturated heterocycles. The maximum absolute atomic E-state index is 11.3. The number of nitrogens with zero attached hydrogens (tertiary/aromatic N) is 1. The van der Waals surface area contributed by atoms with Crippen LogP contribution in [0.5, 0.6) is 0 Å². The monoisotopic (exact) mass is 200 g/mol. The molecular weight excluding hydrogens is 184 g/mol. The molecule has 5 nitrogen and oxygen atoms in total. The van der Waals surface area contributed by atoms with Gasteiger partial charge in [0.05, 0.1) is 6.04 Å². The average Bonchev–Trinajstić information content (AvgIpc) is 2.30. The molecule has 0 saturated carbocycles. The minimum Gasteiger partial charge on any atom is -0.480 e. The van der Waals surface area contributed by atoms with Crippen LogP contribution in [0.25, 0.3) is 0 Å². The van der Waals surface area contributed by atoms with Crippen LogP contribution >= 0.6 is 0 Å². The Bertz CT molecular complexity index is 257. The fourth-order valence-corrected chi connectivity index (χ4v) is 1.38. The lowest BCUT2D eigenvalue weighted by Crippen LogP contribution is -2.38. The van der Waals surface area contributed by atoms with Crippen molar-refractivity contribution in [2.24, 2.45) is 5.41 Å². The van der Waals surface area contributed by atoms with Crippen LogP contribution in [0.1, 0.15) is 20.8 Å². The molecule has 80 valence electrons. The SMILES string of the molecule is CC(C)(C)C1CN(CC(=O)O)C(=O)N1. The van der Waals surface area contributed by atoms with Gasteiger partial charge in [-0.05, 0) is 5.41 Å². The number of carbonyl (C=O) groups is 2. The Labute approximate surface area is 83.1 Å². The fourth-order valence-electron chi connectivity index (χ4n) is 1.38. The number of aliphatic carboxylic acids is 1. The van der Waals surface area contributed by atoms with E-state index < -0.39 is 5.97 Å². The minimum atomic E-state index is -0.977. The van der Waals surface area contributed by atoms with E-state index in [1.807, 2.05) is 20.8 Å². The Morgan fingerprint density at radius 2 is 2.21 bits per heavy atom. The van der Waals surface area contributed by atoms with Gasteiger partial charge in [-0.15, -0.1) is 0 Å². The first-order valence-corrected chi connectivity index (χ1v) is 4.58. The zero-order chi connectivity index (χ0) is 10.9. The molecule has 0 aromatic heterocycles. The summed E-state index contributed by atoms with van der Waals surface area (Å²) in [5, 5.41) is 11.3. The third-order valence-corrected chi connectivity index (χ3v) is 2.36. The van der Waals surface area contributed by atoms with Crippen LogP contribution in [0.4, 0.5) is 4.79 Å². The van der Waals surface area contributed by atoms with Crippen LogP contribution < -0.4 is 5.32 Å². The predicted molar refractivity (Wildman–Crippen MR) is 51.0 cm³/mol. The van der Waals surface area contributed by atoms with E-state index in [0.29, 0.717) is 6.54 Å². The molecule has 1 aliphatic heterocycles. The van der Waals surface area contributed by atoms with E-state index in [-0.39, 0.29) is 24.0 Å². The highest BCUT2D eigenvalue weighted by molar-refractivity contribution is 5.82. The molecule has 1 fully saturated rings. The van der Waals surface area contributed by atoms with E-state index >= 15 is 0 Å². The van der Waals surface area contributed by atoms with E-state index in [4.69, 9.17) is 5.11 Å². The Kier molecular flexibility index (Phi) is 2.69. The quantitative estimate of drug-likeness (QED) is 0.682. The largest absolute Gasteiger partial charge is 0.480 e. The van der Waals surface area contributed by atoms with Gasteiger partial charge < -0.3 is 15.3 Å². The van der Waals surface area contributed by atoms with Gasteiger partial charge in [-0.25, -0.2) is 4.79 Å². The Hall–Kier alpha value is -1.26. The molecule has 0 radical (unpaired) electrons. The molecule has 0 spiro atoms. The number of rotatable bonds is 2. The Balaban J connectivity index is 2.60. The molecule has 2 amide bonds. The molecule has 0 aliphatic carbocycles. The highest BCUT2D eigenvalue weighted by atomic mass is 16.4. The summed E-state index contributed by atoms with van der Waals surface area (Å²) in [7, 11) is 0. The molecule has 0 bridgehead atoms. The Morgan fingerprint density at radius 1 is 1.64 bits per heavy atom. The first-order valence-electron chi connectivity index (χ1n) is 4.58. The lowest BCUT2D eigenvalue weighted by molar-refractivity contribution is -0.137. The maximum atomic E-state index is 11.3. The van der Waals surface area contributed by atoms with Crippen LogP contribution in [0, 0.1) is 5.41 Å². The number of carbonyl (C=O) groups excluding carboxylic acids is 1. The first kappa shape index (κ1) is 10.8. The van der Waals surface area contributed by atoms with Crippen molar-refractivity contribution in [2.75, 3.05) is 13.1 Å². The summed E-state index contributed by atoms with van der Waals surface area (Å²) in [4.78, 5) is 23.1. The van der Waals surface area contributed by atoms with E-state index in [0.717, 1.165) is 0 Å². The van der Waals surface area contributed by atoms with Crippen LogP contribution in [0.2, 0.25) is 0 Å². The molecule has 5 heteroatoms. The number of carboxylic acid groups (broad SMARTS) is 1. The number of hydrogen-bond donors (Lipinski definition) is 2. The third-order valence-electron chi connectivity index (χ3n) is 2.36. The molecule has 0 aromatic carbocycles. The van der Waals surface area contributed by atoms with Gasteiger partial charge in [0, 0.05) is 6.54 Å². The molecule has 1 rings (SSSR count). The van der Waals surface area contributed by atoms with Gasteiger partial charge in [0.2, 0.25) is 0 Å². The topological polar surface area (TPSA) is 69.6 Å². The fraction of sp³-hybridized carbons (Fsp3) is 0.778. The molecule has 1 heterocycles. The summed E-state index contributed by atoms with van der Waals surface area (Å²) in [6.45, 7) is 6.29. The molecule has 1 atom stereocenters. The average molecular weight is 200 g/mol. The van der Waals surface area contributed by atoms with Crippen molar-refractivity contribution in [3.63, 3.8) is 0 Å². The van der Waals surface area contributed by atoms with Gasteiger partial charge in [-0.2, -0.15) is 0 Å². The summed E-state index contributed by atoms with van der Waals surface area (Å²) in [5.74, 6) is -0.977. The summed E-state index contributed by atoms with van der Waals surface area (Å²) in [6.07, 6.45) is 0. The van der Waals surface area contributed by atoms with Gasteiger partial charge in [0.15, 0.2) is 0 Å². The molecular formula is C9H16N2O3. The Morgan fingerprint density at radius 3 is 2.57 bits per heavy atom. The lowest BCUT2D eigenvalue weighted by Gasteiger charge is -2.25. The van der Waals surface area contributed by atoms with Gasteiger partial charge in [-0.1, -0.05) is 20.8 Å². The molecule has 14 heavy (non-hydrogen) atoms. The number of carboxylic acids is 1. The molecule has 1 aliphatic rings. The second kappa shape index (κ2) is 3.48. The number of amides is 2. The normalized spacial score (nSPS) is 22.4. The standard InChI is InChI=1S/C9H16N2O3/c1-9(2,3)6-4-11(5-7(12)13)8(14)10-6/h6H,4-5H2,1-3H3,(H,10,14)(H,12,13). The number of urea groups is 1. The molecule has 0 aromatic rings. The second-order valence-corrected chi connectivity index (χ2v) is 4.64. The van der Waals surface area contributed by atoms with E-state index in [1.54, 1.807) is 0 Å². The maximum Gasteiger partial charge on any atom is 0.323 e. The molecule has 1 unspecified atom stereocenters. The zero-order valence-electron chi connectivity index (χ0n) is 8.70. The number of hydrogen-bond acceptors (Lipinski definition) is 2. The van der Waals surface area contributed by atoms with Crippen molar-refractivity contribution in [3.8, 4) is 0 Å². The summed E-state index contributed by atoms with van der Waals surface area (Å²) in [6, 6.07) is -0.262. The van der Waals surface area contributed by atoms with Crippen LogP contribution in [0.15, 0.2) is 0 Å². The highest BCUT2D eigenvalue weighted by Gasteiger charge is 2.36. The van der Waals surface area contributed by atoms with Gasteiger partial charge >= 0.3 is 12.0 Å². The molecule has 2 N–H and O–H groups in total. The van der Waals surface area contributed by atoms with E-state index in [2.05, 4.69) is 5.32 Å². The second-order valence-electron chi connectivity index (χ2n) is 4.64. The zero-order valence-corrected chi connectivity index (χ0v) is 8.70. The van der Waals surface area contributed by atoms with E-state index in [1.165, 1.54) is 4.90 Å². The van der Waals surface area contributed by atoms with Crippen molar-refractivity contribution in [1.82, 2.24) is 10.2 Å². The number of nitrogens with one attached hydrogen (secondary N) is 1. The van der Waals surface area contributed by atoms with E-state index in [9.17, 15) is 9.59 Å². The summed E-state index contributed by atoms with van der Waals surface area (Å²) >= 11 is 0. The van der Waals surface area contributed by atoms with Crippen molar-refractivity contribution in [1.29, 1.82) is 0 Å². The highest BCUT2D eigenvalue weighted by Crippen LogP contribution is 2.23. The first-order chi connectivity index (χ1) is 6.30. The van der Waals surface area contributed by atoms with Crippen LogP contribution in [-0.2, 0) is 4.79 Å². The van der Waals surface area contributed by atoms with Crippen LogP contribution in [-0.4, -0.2) is 41.1 Å². The predicted octanol–water partition coefficient (Wildman–Crippen LogP) is 0.511. The van der Waals surface area contributed by atoms with Crippen molar-refractivity contribution in [2.45, 2.75) is 26.8 Å². The van der Waals surface area contributed by atoms with Gasteiger partial charge in [-0.3, -0.25) is 4.79 Å². The smallest absolute Gasteiger partial charge is 0.323 e. The van der Waals surface area contributed by atoms with Crippen molar-refractivity contribution in [3.05, 3.63) is 0 Å². The van der Waals surface area contributed by atoms with Gasteiger partial charge in [0.1, 0.15) is 6.54 Å². The summed E-state index contributed by atoms with van der Waals surface area (Å²) in [5.41, 5.74) is -0.0388. The lowest BCUT2D eigenvalue weighted by atomic mass is 9.87. The minimum absolute atomic E-state index is 0.0225. The third kappa shape index (κ3) is 2.37. The van der Waals surface area contributed by atoms with Crippen molar-refractivity contribution < 1.29 is 14.7 Å².